The maximum absolute atomic E-state index is 11.4. The maximum atomic E-state index is 11.4. The average Bonchev–Trinajstić information content (AvgIpc) is 2.94. The molecule has 1 N–H and O–H groups in total. The average molecular weight is 290 g/mol. The molecule has 0 amide bonds. The van der Waals surface area contributed by atoms with E-state index in [4.69, 9.17) is 0 Å². The third kappa shape index (κ3) is 2.62. The summed E-state index contributed by atoms with van der Waals surface area (Å²) in [5.74, 6) is 0.690. The fourth-order valence-electron chi connectivity index (χ4n) is 3.94. The number of fused-ring (bicyclic) bond motifs is 1. The van der Waals surface area contributed by atoms with Gasteiger partial charge in [0.05, 0.1) is 11.0 Å². The zero-order valence-corrected chi connectivity index (χ0v) is 12.4. The van der Waals surface area contributed by atoms with Crippen LogP contribution in [0.25, 0.3) is 0 Å². The van der Waals surface area contributed by atoms with Gasteiger partial charge >= 0.3 is 0 Å². The van der Waals surface area contributed by atoms with Crippen molar-refractivity contribution in [1.82, 2.24) is 0 Å². The van der Waals surface area contributed by atoms with E-state index in [0.29, 0.717) is 17.5 Å². The fourth-order valence-corrected chi connectivity index (χ4v) is 3.94. The first kappa shape index (κ1) is 14.3. The Kier molecular flexibility index (Phi) is 3.85. The van der Waals surface area contributed by atoms with Crippen LogP contribution in [0.5, 0.6) is 0 Å². The van der Waals surface area contributed by atoms with E-state index in [1.165, 1.54) is 25.3 Å². The Balaban J connectivity index is 1.98. The van der Waals surface area contributed by atoms with Crippen LogP contribution in [0.15, 0.2) is 18.2 Å². The van der Waals surface area contributed by atoms with E-state index in [2.05, 4.69) is 4.90 Å². The van der Waals surface area contributed by atoms with Crippen molar-refractivity contribution in [2.24, 2.45) is 5.92 Å². The van der Waals surface area contributed by atoms with Crippen LogP contribution in [0.4, 0.5) is 11.4 Å². The smallest absolute Gasteiger partial charge is 0.292 e. The molecule has 0 radical (unpaired) electrons. The molecule has 3 atom stereocenters. The normalized spacial score (nSPS) is 26.5. The molecule has 21 heavy (non-hydrogen) atoms. The van der Waals surface area contributed by atoms with Crippen molar-refractivity contribution >= 4 is 11.4 Å². The van der Waals surface area contributed by atoms with Gasteiger partial charge in [-0.15, -0.1) is 0 Å². The van der Waals surface area contributed by atoms with E-state index in [1.54, 1.807) is 6.92 Å². The van der Waals surface area contributed by atoms with Gasteiger partial charge in [0.15, 0.2) is 0 Å². The summed E-state index contributed by atoms with van der Waals surface area (Å²) in [6.45, 7) is 2.53. The van der Waals surface area contributed by atoms with Crippen LogP contribution >= 0.6 is 0 Å². The molecule has 5 nitrogen and oxygen atoms in total. The summed E-state index contributed by atoms with van der Waals surface area (Å²) in [6.07, 6.45) is 5.29. The molecule has 1 saturated heterocycles. The SMILES string of the molecule is C[C@H](O)c1ccc(N2CCCC3CCCC32)c([N+](=O)[O-])c1. The number of aliphatic hydroxyl groups is 1. The molecule has 0 spiro atoms. The maximum Gasteiger partial charge on any atom is 0.292 e. The highest BCUT2D eigenvalue weighted by Gasteiger charge is 2.37. The van der Waals surface area contributed by atoms with Crippen molar-refractivity contribution in [2.75, 3.05) is 11.4 Å². The van der Waals surface area contributed by atoms with Gasteiger partial charge in [-0.3, -0.25) is 10.1 Å². The van der Waals surface area contributed by atoms with Gasteiger partial charge in [-0.2, -0.15) is 0 Å². The first-order chi connectivity index (χ1) is 10.1. The van der Waals surface area contributed by atoms with Crippen molar-refractivity contribution in [1.29, 1.82) is 0 Å². The third-order valence-corrected chi connectivity index (χ3v) is 4.98. The molecule has 2 fully saturated rings. The topological polar surface area (TPSA) is 66.6 Å². The lowest BCUT2D eigenvalue weighted by atomic mass is 9.91. The summed E-state index contributed by atoms with van der Waals surface area (Å²) in [5.41, 5.74) is 1.45. The first-order valence-corrected chi connectivity index (χ1v) is 7.81. The number of benzene rings is 1. The Bertz CT molecular complexity index is 544. The number of hydrogen-bond donors (Lipinski definition) is 1. The Morgan fingerprint density at radius 3 is 2.81 bits per heavy atom. The first-order valence-electron chi connectivity index (χ1n) is 7.81. The number of piperidine rings is 1. The molecule has 1 saturated carbocycles. The number of nitro benzene ring substituents is 1. The number of anilines is 1. The monoisotopic (exact) mass is 290 g/mol. The second kappa shape index (κ2) is 5.64. The number of rotatable bonds is 3. The molecule has 0 aromatic heterocycles. The van der Waals surface area contributed by atoms with Crippen molar-refractivity contribution in [3.8, 4) is 0 Å². The number of hydrogen-bond acceptors (Lipinski definition) is 4. The molecule has 2 aliphatic rings. The standard InChI is InChI=1S/C16H22N2O3/c1-11(19)13-7-8-15(16(10-13)18(20)21)17-9-3-5-12-4-2-6-14(12)17/h7-8,10-12,14,19H,2-6,9H2,1H3/t11-,12?,14?/m0/s1. The van der Waals surface area contributed by atoms with Crippen LogP contribution in [0.3, 0.4) is 0 Å². The predicted octanol–water partition coefficient (Wildman–Crippen LogP) is 3.42. The molecule has 5 heteroatoms. The van der Waals surface area contributed by atoms with E-state index < -0.39 is 6.10 Å². The Labute approximate surface area is 124 Å². The zero-order valence-electron chi connectivity index (χ0n) is 12.4. The summed E-state index contributed by atoms with van der Waals surface area (Å²) < 4.78 is 0. The minimum atomic E-state index is -0.682. The minimum absolute atomic E-state index is 0.126. The van der Waals surface area contributed by atoms with Gasteiger partial charge < -0.3 is 10.0 Å². The van der Waals surface area contributed by atoms with E-state index in [9.17, 15) is 15.2 Å². The zero-order chi connectivity index (χ0) is 15.0. The molecule has 1 aliphatic carbocycles. The van der Waals surface area contributed by atoms with Crippen LogP contribution in [0.2, 0.25) is 0 Å². The minimum Gasteiger partial charge on any atom is -0.389 e. The molecule has 2 unspecified atom stereocenters. The molecular weight excluding hydrogens is 268 g/mol. The van der Waals surface area contributed by atoms with E-state index in [0.717, 1.165) is 25.1 Å². The Hall–Kier alpha value is -1.62. The third-order valence-electron chi connectivity index (χ3n) is 4.98. The molecule has 1 heterocycles. The van der Waals surface area contributed by atoms with Gasteiger partial charge in [-0.25, -0.2) is 0 Å². The summed E-state index contributed by atoms with van der Waals surface area (Å²) in [7, 11) is 0. The molecule has 3 rings (SSSR count). The number of nitrogens with zero attached hydrogens (tertiary/aromatic N) is 2. The second-order valence-electron chi connectivity index (χ2n) is 6.28. The Morgan fingerprint density at radius 1 is 1.33 bits per heavy atom. The molecule has 114 valence electrons. The highest BCUT2D eigenvalue weighted by molar-refractivity contribution is 5.65. The number of aliphatic hydroxyl groups excluding tert-OH is 1. The van der Waals surface area contributed by atoms with E-state index >= 15 is 0 Å². The van der Waals surface area contributed by atoms with Crippen LogP contribution < -0.4 is 4.90 Å². The van der Waals surface area contributed by atoms with Gasteiger partial charge in [-0.1, -0.05) is 12.5 Å². The quantitative estimate of drug-likeness (QED) is 0.684. The molecule has 1 aromatic carbocycles. The lowest BCUT2D eigenvalue weighted by Gasteiger charge is -2.39. The molecule has 1 aliphatic heterocycles. The van der Waals surface area contributed by atoms with Crippen molar-refractivity contribution in [3.05, 3.63) is 33.9 Å². The summed E-state index contributed by atoms with van der Waals surface area (Å²) in [6, 6.07) is 5.61. The molecule has 1 aromatic rings. The number of nitro groups is 1. The van der Waals surface area contributed by atoms with Crippen LogP contribution in [0.1, 0.15) is 50.7 Å². The molecular formula is C16H22N2O3. The van der Waals surface area contributed by atoms with Crippen molar-refractivity contribution < 1.29 is 10.0 Å². The lowest BCUT2D eigenvalue weighted by Crippen LogP contribution is -2.42. The van der Waals surface area contributed by atoms with Gasteiger partial charge in [-0.05, 0) is 50.2 Å². The largest absolute Gasteiger partial charge is 0.389 e. The van der Waals surface area contributed by atoms with Crippen LogP contribution in [-0.2, 0) is 0 Å². The van der Waals surface area contributed by atoms with Crippen molar-refractivity contribution in [2.45, 2.75) is 51.2 Å². The van der Waals surface area contributed by atoms with E-state index in [-0.39, 0.29) is 10.6 Å². The van der Waals surface area contributed by atoms with Gasteiger partial charge in [0.25, 0.3) is 5.69 Å². The fraction of sp³-hybridized carbons (Fsp3) is 0.625. The van der Waals surface area contributed by atoms with Gasteiger partial charge in [0.1, 0.15) is 5.69 Å². The van der Waals surface area contributed by atoms with Crippen LogP contribution in [0, 0.1) is 16.0 Å². The van der Waals surface area contributed by atoms with Crippen molar-refractivity contribution in [3.63, 3.8) is 0 Å². The summed E-state index contributed by atoms with van der Waals surface area (Å²) >= 11 is 0. The van der Waals surface area contributed by atoms with E-state index in [1.807, 2.05) is 12.1 Å². The van der Waals surface area contributed by atoms with Gasteiger partial charge in [0, 0.05) is 18.7 Å². The molecule has 0 bridgehead atoms. The van der Waals surface area contributed by atoms with Gasteiger partial charge in [0.2, 0.25) is 0 Å². The highest BCUT2D eigenvalue weighted by atomic mass is 16.6. The summed E-state index contributed by atoms with van der Waals surface area (Å²) in [5, 5.41) is 21.1. The predicted molar refractivity (Wildman–Crippen MR) is 81.4 cm³/mol. The highest BCUT2D eigenvalue weighted by Crippen LogP contribution is 2.42. The lowest BCUT2D eigenvalue weighted by molar-refractivity contribution is -0.384. The van der Waals surface area contributed by atoms with Crippen LogP contribution in [-0.4, -0.2) is 22.6 Å². The second-order valence-corrected chi connectivity index (χ2v) is 6.28. The Morgan fingerprint density at radius 2 is 2.10 bits per heavy atom. The summed E-state index contributed by atoms with van der Waals surface area (Å²) in [4.78, 5) is 13.4.